The molecule has 1 aliphatic rings. The van der Waals surface area contributed by atoms with Gasteiger partial charge in [0.25, 0.3) is 0 Å². The number of nitrogens with one attached hydrogen (secondary N) is 1. The van der Waals surface area contributed by atoms with Gasteiger partial charge < -0.3 is 14.8 Å². The second-order valence-corrected chi connectivity index (χ2v) is 8.05. The van der Waals surface area contributed by atoms with E-state index >= 15 is 0 Å². The van der Waals surface area contributed by atoms with Gasteiger partial charge in [-0.15, -0.1) is 16.4 Å². The standard InChI is InChI=1S/C23H20N4O3S/c1-15-2-6-17(7-3-15)22-25-23-27(26-22)18(13-31-23)10-11-24-21(28)9-5-16-4-8-19-20(12-16)30-14-29-19/h2-9,12-13H,10-11,14H2,1H3,(H,24,28). The molecule has 1 N–H and O–H groups in total. The van der Waals surface area contributed by atoms with Crippen LogP contribution in [0.25, 0.3) is 22.4 Å². The van der Waals surface area contributed by atoms with Gasteiger partial charge >= 0.3 is 0 Å². The van der Waals surface area contributed by atoms with Crippen LogP contribution in [-0.4, -0.2) is 33.8 Å². The van der Waals surface area contributed by atoms with E-state index in [0.717, 1.165) is 27.5 Å². The molecule has 1 aliphatic heterocycles. The Morgan fingerprint density at radius 1 is 1.19 bits per heavy atom. The minimum absolute atomic E-state index is 0.150. The van der Waals surface area contributed by atoms with Crippen LogP contribution >= 0.6 is 11.3 Å². The van der Waals surface area contributed by atoms with E-state index in [9.17, 15) is 4.79 Å². The van der Waals surface area contributed by atoms with Gasteiger partial charge in [0.2, 0.25) is 17.7 Å². The second kappa shape index (κ2) is 8.23. The third-order valence-corrected chi connectivity index (χ3v) is 5.83. The lowest BCUT2D eigenvalue weighted by Gasteiger charge is -2.02. The number of benzene rings is 2. The summed E-state index contributed by atoms with van der Waals surface area (Å²) in [6.45, 7) is 2.80. The predicted octanol–water partition coefficient (Wildman–Crippen LogP) is 3.87. The first-order valence-electron chi connectivity index (χ1n) is 9.91. The highest BCUT2D eigenvalue weighted by molar-refractivity contribution is 7.15. The van der Waals surface area contributed by atoms with E-state index in [2.05, 4.69) is 34.5 Å². The highest BCUT2D eigenvalue weighted by atomic mass is 32.1. The van der Waals surface area contributed by atoms with Crippen molar-refractivity contribution in [2.75, 3.05) is 13.3 Å². The lowest BCUT2D eigenvalue weighted by molar-refractivity contribution is -0.116. The summed E-state index contributed by atoms with van der Waals surface area (Å²) in [5.74, 6) is 1.98. The summed E-state index contributed by atoms with van der Waals surface area (Å²) in [7, 11) is 0. The summed E-state index contributed by atoms with van der Waals surface area (Å²) >= 11 is 1.55. The van der Waals surface area contributed by atoms with Crippen molar-refractivity contribution in [1.82, 2.24) is 19.9 Å². The highest BCUT2D eigenvalue weighted by Gasteiger charge is 2.13. The number of aryl methyl sites for hydroxylation is 1. The molecule has 0 spiro atoms. The van der Waals surface area contributed by atoms with Gasteiger partial charge in [-0.05, 0) is 30.7 Å². The molecule has 0 saturated carbocycles. The molecule has 0 unspecified atom stereocenters. The molecule has 0 aliphatic carbocycles. The van der Waals surface area contributed by atoms with Crippen molar-refractivity contribution in [3.05, 3.63) is 70.7 Å². The molecular formula is C23H20N4O3S. The number of hydrogen-bond donors (Lipinski definition) is 1. The second-order valence-electron chi connectivity index (χ2n) is 7.21. The van der Waals surface area contributed by atoms with E-state index in [1.54, 1.807) is 17.4 Å². The smallest absolute Gasteiger partial charge is 0.244 e. The van der Waals surface area contributed by atoms with Crippen LogP contribution in [0.4, 0.5) is 0 Å². The Hall–Kier alpha value is -3.65. The molecule has 2 aromatic carbocycles. The van der Waals surface area contributed by atoms with Crippen molar-refractivity contribution in [1.29, 1.82) is 0 Å². The van der Waals surface area contributed by atoms with E-state index < -0.39 is 0 Å². The molecule has 0 fully saturated rings. The van der Waals surface area contributed by atoms with Crippen molar-refractivity contribution in [3.63, 3.8) is 0 Å². The molecule has 3 heterocycles. The topological polar surface area (TPSA) is 77.8 Å². The molecule has 0 atom stereocenters. The summed E-state index contributed by atoms with van der Waals surface area (Å²) < 4.78 is 12.5. The van der Waals surface area contributed by atoms with Gasteiger partial charge in [0.05, 0.1) is 5.69 Å². The van der Waals surface area contributed by atoms with Crippen molar-refractivity contribution < 1.29 is 14.3 Å². The maximum Gasteiger partial charge on any atom is 0.244 e. The number of rotatable bonds is 6. The highest BCUT2D eigenvalue weighted by Crippen LogP contribution is 2.32. The number of carbonyl (C=O) groups excluding carboxylic acids is 1. The van der Waals surface area contributed by atoms with Crippen LogP contribution in [0.2, 0.25) is 0 Å². The largest absolute Gasteiger partial charge is 0.454 e. The minimum atomic E-state index is -0.150. The van der Waals surface area contributed by atoms with Crippen molar-refractivity contribution in [2.45, 2.75) is 13.3 Å². The molecule has 0 saturated heterocycles. The quantitative estimate of drug-likeness (QED) is 0.468. The molecule has 1 amide bonds. The molecule has 0 bridgehead atoms. The third-order valence-electron chi connectivity index (χ3n) is 4.96. The number of nitrogens with zero attached hydrogens (tertiary/aromatic N) is 3. The molecule has 31 heavy (non-hydrogen) atoms. The fourth-order valence-corrected chi connectivity index (χ4v) is 4.14. The number of ether oxygens (including phenoxy) is 2. The Morgan fingerprint density at radius 2 is 2.03 bits per heavy atom. The van der Waals surface area contributed by atoms with E-state index in [1.807, 2.05) is 40.2 Å². The van der Waals surface area contributed by atoms with Crippen LogP contribution in [0.15, 0.2) is 53.9 Å². The first kappa shape index (κ1) is 19.3. The normalized spacial score (nSPS) is 12.7. The average molecular weight is 433 g/mol. The van der Waals surface area contributed by atoms with E-state index in [4.69, 9.17) is 9.47 Å². The van der Waals surface area contributed by atoms with Gasteiger partial charge in [-0.2, -0.15) is 4.98 Å². The number of aromatic nitrogens is 3. The number of thiazole rings is 1. The fraction of sp³-hybridized carbons (Fsp3) is 0.174. The molecule has 5 rings (SSSR count). The molecule has 2 aromatic heterocycles. The summed E-state index contributed by atoms with van der Waals surface area (Å²) in [6, 6.07) is 13.7. The van der Waals surface area contributed by atoms with Gasteiger partial charge in [0, 0.05) is 30.0 Å². The Morgan fingerprint density at radius 3 is 2.90 bits per heavy atom. The Bertz CT molecular complexity index is 1270. The third kappa shape index (κ3) is 4.15. The van der Waals surface area contributed by atoms with Gasteiger partial charge in [-0.3, -0.25) is 4.79 Å². The fourth-order valence-electron chi connectivity index (χ4n) is 3.28. The number of amides is 1. The Balaban J connectivity index is 1.19. The zero-order valence-corrected chi connectivity index (χ0v) is 17.7. The zero-order valence-electron chi connectivity index (χ0n) is 16.9. The number of fused-ring (bicyclic) bond motifs is 2. The monoisotopic (exact) mass is 432 g/mol. The van der Waals surface area contributed by atoms with Gasteiger partial charge in [0.15, 0.2) is 17.3 Å². The minimum Gasteiger partial charge on any atom is -0.454 e. The summed E-state index contributed by atoms with van der Waals surface area (Å²) in [5, 5.41) is 9.59. The summed E-state index contributed by atoms with van der Waals surface area (Å²) in [6.07, 6.45) is 3.94. The van der Waals surface area contributed by atoms with Gasteiger partial charge in [-0.1, -0.05) is 35.9 Å². The molecule has 156 valence electrons. The summed E-state index contributed by atoms with van der Waals surface area (Å²) in [4.78, 5) is 17.6. The maximum atomic E-state index is 12.2. The average Bonchev–Trinajstić information content (AvgIpc) is 3.49. The van der Waals surface area contributed by atoms with Gasteiger partial charge in [0.1, 0.15) is 0 Å². The Labute approximate surface area is 183 Å². The van der Waals surface area contributed by atoms with Gasteiger partial charge in [-0.25, -0.2) is 4.52 Å². The molecule has 4 aromatic rings. The van der Waals surface area contributed by atoms with Crippen LogP contribution in [-0.2, 0) is 11.2 Å². The molecule has 7 nitrogen and oxygen atoms in total. The maximum absolute atomic E-state index is 12.2. The number of hydrogen-bond acceptors (Lipinski definition) is 6. The first-order chi connectivity index (χ1) is 15.2. The first-order valence-corrected chi connectivity index (χ1v) is 10.8. The summed E-state index contributed by atoms with van der Waals surface area (Å²) in [5.41, 5.74) is 4.10. The SMILES string of the molecule is Cc1ccc(-c2nc3scc(CCNC(=O)C=Cc4ccc5c(c4)OCO5)n3n2)cc1. The lowest BCUT2D eigenvalue weighted by Crippen LogP contribution is -2.23. The van der Waals surface area contributed by atoms with Crippen molar-refractivity contribution in [3.8, 4) is 22.9 Å². The molecular weight excluding hydrogens is 412 g/mol. The van der Waals surface area contributed by atoms with Crippen LogP contribution < -0.4 is 14.8 Å². The lowest BCUT2D eigenvalue weighted by atomic mass is 10.1. The Kier molecular flexibility index (Phi) is 5.13. The van der Waals surface area contributed by atoms with E-state index in [1.165, 1.54) is 11.6 Å². The van der Waals surface area contributed by atoms with Crippen LogP contribution in [0.1, 0.15) is 16.8 Å². The zero-order chi connectivity index (χ0) is 21.2. The molecule has 0 radical (unpaired) electrons. The van der Waals surface area contributed by atoms with Crippen LogP contribution in [0, 0.1) is 6.92 Å². The number of carbonyl (C=O) groups is 1. The van der Waals surface area contributed by atoms with E-state index in [0.29, 0.717) is 24.5 Å². The van der Waals surface area contributed by atoms with Crippen molar-refractivity contribution in [2.24, 2.45) is 0 Å². The molecule has 8 heteroatoms. The van der Waals surface area contributed by atoms with Crippen LogP contribution in [0.3, 0.4) is 0 Å². The predicted molar refractivity (Wildman–Crippen MR) is 119 cm³/mol. The van der Waals surface area contributed by atoms with Crippen molar-refractivity contribution >= 4 is 28.3 Å². The van der Waals surface area contributed by atoms with E-state index in [-0.39, 0.29) is 12.7 Å². The van der Waals surface area contributed by atoms with Crippen LogP contribution in [0.5, 0.6) is 11.5 Å².